The second kappa shape index (κ2) is 6.49. The van der Waals surface area contributed by atoms with Crippen LogP contribution >= 0.6 is 0 Å². The molecule has 0 radical (unpaired) electrons. The van der Waals surface area contributed by atoms with Crippen LogP contribution in [0.5, 0.6) is 0 Å². The van der Waals surface area contributed by atoms with Gasteiger partial charge in [-0.05, 0) is 17.9 Å². The van der Waals surface area contributed by atoms with E-state index >= 15 is 0 Å². The number of likely N-dealkylation sites (N-methyl/N-ethyl adjacent to an activating group) is 1. The number of nitrogens with zero attached hydrogens (tertiary/aromatic N) is 1. The first-order chi connectivity index (χ1) is 6.86. The lowest BCUT2D eigenvalue weighted by Crippen LogP contribution is -2.50. The summed E-state index contributed by atoms with van der Waals surface area (Å²) in [6.45, 7) is 16.7. The van der Waals surface area contributed by atoms with Crippen molar-refractivity contribution in [3.05, 3.63) is 0 Å². The highest BCUT2D eigenvalue weighted by Crippen LogP contribution is 2.24. The molecule has 0 aromatic rings. The number of rotatable bonds is 6. The minimum atomic E-state index is 0.276. The van der Waals surface area contributed by atoms with Crippen molar-refractivity contribution in [3.63, 3.8) is 0 Å². The molecule has 92 valence electrons. The fourth-order valence-electron chi connectivity index (χ4n) is 2.06. The van der Waals surface area contributed by atoms with Crippen LogP contribution in [-0.4, -0.2) is 30.6 Å². The lowest BCUT2D eigenvalue weighted by atomic mass is 9.85. The van der Waals surface area contributed by atoms with Crippen LogP contribution in [0.4, 0.5) is 0 Å². The Morgan fingerprint density at radius 3 is 2.00 bits per heavy atom. The molecule has 0 saturated carbocycles. The van der Waals surface area contributed by atoms with Gasteiger partial charge in [-0.25, -0.2) is 0 Å². The Balaban J connectivity index is 4.48. The molecule has 0 amide bonds. The van der Waals surface area contributed by atoms with Gasteiger partial charge in [-0.1, -0.05) is 48.0 Å². The van der Waals surface area contributed by atoms with Crippen molar-refractivity contribution >= 4 is 0 Å². The second-order valence-corrected chi connectivity index (χ2v) is 5.72. The molecule has 0 aliphatic heterocycles. The van der Waals surface area contributed by atoms with Gasteiger partial charge in [0.2, 0.25) is 0 Å². The molecule has 2 N–H and O–H groups in total. The molecular formula is C13H30N2. The minimum Gasteiger partial charge on any atom is -0.329 e. The molecular weight excluding hydrogens is 184 g/mol. The van der Waals surface area contributed by atoms with Crippen molar-refractivity contribution < 1.29 is 0 Å². The van der Waals surface area contributed by atoms with Crippen LogP contribution in [0.2, 0.25) is 0 Å². The van der Waals surface area contributed by atoms with Gasteiger partial charge in [-0.2, -0.15) is 0 Å². The quantitative estimate of drug-likeness (QED) is 0.736. The van der Waals surface area contributed by atoms with Crippen molar-refractivity contribution in [2.45, 2.75) is 54.0 Å². The van der Waals surface area contributed by atoms with Gasteiger partial charge in [0.05, 0.1) is 0 Å². The summed E-state index contributed by atoms with van der Waals surface area (Å²) in [5, 5.41) is 0. The Hall–Kier alpha value is -0.0800. The Labute approximate surface area is 96.2 Å². The van der Waals surface area contributed by atoms with Crippen LogP contribution in [0.1, 0.15) is 48.0 Å². The van der Waals surface area contributed by atoms with E-state index in [0.717, 1.165) is 19.0 Å². The summed E-state index contributed by atoms with van der Waals surface area (Å²) in [6.07, 6.45) is 1.25. The average molecular weight is 214 g/mol. The van der Waals surface area contributed by atoms with E-state index < -0.39 is 0 Å². The third kappa shape index (κ3) is 4.98. The van der Waals surface area contributed by atoms with Crippen LogP contribution in [0.25, 0.3) is 0 Å². The Morgan fingerprint density at radius 1 is 1.20 bits per heavy atom. The van der Waals surface area contributed by atoms with Crippen molar-refractivity contribution in [1.82, 2.24) is 4.90 Å². The molecule has 0 spiro atoms. The van der Waals surface area contributed by atoms with E-state index in [9.17, 15) is 0 Å². The molecule has 0 rings (SSSR count). The summed E-state index contributed by atoms with van der Waals surface area (Å²) in [7, 11) is 0. The number of hydrogen-bond acceptors (Lipinski definition) is 2. The number of nitrogens with two attached hydrogens (primary N) is 1. The van der Waals surface area contributed by atoms with Crippen molar-refractivity contribution in [2.75, 3.05) is 19.6 Å². The molecule has 0 aliphatic rings. The van der Waals surface area contributed by atoms with Gasteiger partial charge in [0.25, 0.3) is 0 Å². The predicted octanol–water partition coefficient (Wildman–Crippen LogP) is 2.73. The topological polar surface area (TPSA) is 29.3 Å². The highest BCUT2D eigenvalue weighted by atomic mass is 15.2. The van der Waals surface area contributed by atoms with Crippen molar-refractivity contribution in [3.8, 4) is 0 Å². The maximum Gasteiger partial charge on any atom is 0.0266 e. The highest BCUT2D eigenvalue weighted by molar-refractivity contribution is 4.84. The van der Waals surface area contributed by atoms with E-state index in [1.54, 1.807) is 0 Å². The van der Waals surface area contributed by atoms with Crippen LogP contribution in [0.15, 0.2) is 0 Å². The zero-order valence-electron chi connectivity index (χ0n) is 11.5. The first-order valence-corrected chi connectivity index (χ1v) is 6.30. The lowest BCUT2D eigenvalue weighted by molar-refractivity contribution is 0.0951. The van der Waals surface area contributed by atoms with Crippen LogP contribution < -0.4 is 5.73 Å². The van der Waals surface area contributed by atoms with Crippen molar-refractivity contribution in [2.24, 2.45) is 17.1 Å². The van der Waals surface area contributed by atoms with Crippen molar-refractivity contribution in [1.29, 1.82) is 0 Å². The van der Waals surface area contributed by atoms with Gasteiger partial charge in [0.15, 0.2) is 0 Å². The molecule has 15 heavy (non-hydrogen) atoms. The zero-order valence-corrected chi connectivity index (χ0v) is 11.5. The standard InChI is InChI=1S/C13H30N2/c1-7-11(3)10-15(8-2)12(9-14)13(4,5)6/h11-12H,7-10,14H2,1-6H3. The first kappa shape index (κ1) is 14.9. The molecule has 0 aliphatic carbocycles. The molecule has 2 nitrogen and oxygen atoms in total. The molecule has 0 saturated heterocycles. The fraction of sp³-hybridized carbons (Fsp3) is 1.00. The summed E-state index contributed by atoms with van der Waals surface area (Å²) in [4.78, 5) is 2.54. The molecule has 0 heterocycles. The molecule has 2 unspecified atom stereocenters. The third-order valence-electron chi connectivity index (χ3n) is 3.31. The van der Waals surface area contributed by atoms with Crippen LogP contribution in [-0.2, 0) is 0 Å². The lowest BCUT2D eigenvalue weighted by Gasteiger charge is -2.40. The average Bonchev–Trinajstić information content (AvgIpc) is 2.14. The minimum absolute atomic E-state index is 0.276. The molecule has 0 bridgehead atoms. The van der Waals surface area contributed by atoms with Gasteiger partial charge in [-0.15, -0.1) is 0 Å². The molecule has 2 heteroatoms. The van der Waals surface area contributed by atoms with Gasteiger partial charge in [0, 0.05) is 19.1 Å². The summed E-state index contributed by atoms with van der Waals surface area (Å²) >= 11 is 0. The van der Waals surface area contributed by atoms with Crippen LogP contribution in [0.3, 0.4) is 0 Å². The zero-order chi connectivity index (χ0) is 12.1. The maximum atomic E-state index is 5.91. The van der Waals surface area contributed by atoms with Gasteiger partial charge >= 0.3 is 0 Å². The SMILES string of the molecule is CCC(C)CN(CC)C(CN)C(C)(C)C. The summed E-state index contributed by atoms with van der Waals surface area (Å²) in [6, 6.07) is 0.497. The Kier molecular flexibility index (Phi) is 6.46. The van der Waals surface area contributed by atoms with E-state index in [2.05, 4.69) is 46.4 Å². The summed E-state index contributed by atoms with van der Waals surface area (Å²) in [5.41, 5.74) is 6.19. The Morgan fingerprint density at radius 2 is 1.73 bits per heavy atom. The summed E-state index contributed by atoms with van der Waals surface area (Å²) in [5.74, 6) is 0.765. The second-order valence-electron chi connectivity index (χ2n) is 5.72. The predicted molar refractivity (Wildman–Crippen MR) is 69.0 cm³/mol. The smallest absolute Gasteiger partial charge is 0.0266 e. The van der Waals surface area contributed by atoms with E-state index in [-0.39, 0.29) is 5.41 Å². The van der Waals surface area contributed by atoms with E-state index in [1.807, 2.05) is 0 Å². The van der Waals surface area contributed by atoms with E-state index in [1.165, 1.54) is 13.0 Å². The molecule has 0 aromatic heterocycles. The van der Waals surface area contributed by atoms with Gasteiger partial charge < -0.3 is 5.73 Å². The monoisotopic (exact) mass is 214 g/mol. The highest BCUT2D eigenvalue weighted by Gasteiger charge is 2.28. The van der Waals surface area contributed by atoms with Gasteiger partial charge in [0.1, 0.15) is 0 Å². The first-order valence-electron chi connectivity index (χ1n) is 6.30. The third-order valence-corrected chi connectivity index (χ3v) is 3.31. The van der Waals surface area contributed by atoms with Gasteiger partial charge in [-0.3, -0.25) is 4.90 Å². The molecule has 2 atom stereocenters. The molecule has 0 aromatic carbocycles. The maximum absolute atomic E-state index is 5.91. The fourth-order valence-corrected chi connectivity index (χ4v) is 2.06. The molecule has 0 fully saturated rings. The largest absolute Gasteiger partial charge is 0.329 e. The normalized spacial score (nSPS) is 16.8. The number of hydrogen-bond donors (Lipinski definition) is 1. The van der Waals surface area contributed by atoms with E-state index in [0.29, 0.717) is 6.04 Å². The van der Waals surface area contributed by atoms with Crippen LogP contribution in [0, 0.1) is 11.3 Å². The van der Waals surface area contributed by atoms with E-state index in [4.69, 9.17) is 5.73 Å². The summed E-state index contributed by atoms with van der Waals surface area (Å²) < 4.78 is 0. The Bertz CT molecular complexity index is 160.